The van der Waals surface area contributed by atoms with Gasteiger partial charge in [0, 0.05) is 0 Å². The van der Waals surface area contributed by atoms with Crippen molar-refractivity contribution >= 4 is 11.8 Å². The summed E-state index contributed by atoms with van der Waals surface area (Å²) in [6, 6.07) is 0. The lowest BCUT2D eigenvalue weighted by Gasteiger charge is -2.15. The Morgan fingerprint density at radius 1 is 1.00 bits per heavy atom. The normalized spacial score (nSPS) is 26.9. The molecule has 2 atom stereocenters. The van der Waals surface area contributed by atoms with E-state index in [4.69, 9.17) is 11.7 Å². The van der Waals surface area contributed by atoms with Crippen molar-refractivity contribution in [1.29, 1.82) is 0 Å². The molecule has 2 amide bonds. The van der Waals surface area contributed by atoms with Crippen LogP contribution in [0, 0.1) is 11.8 Å². The monoisotopic (exact) mass is 186 g/mol. The molecule has 1 aliphatic carbocycles. The van der Waals surface area contributed by atoms with E-state index in [2.05, 4.69) is 10.9 Å². The van der Waals surface area contributed by atoms with Crippen LogP contribution in [0.3, 0.4) is 0 Å². The van der Waals surface area contributed by atoms with E-state index in [9.17, 15) is 9.59 Å². The smallest absolute Gasteiger partial charge is 0.237 e. The van der Waals surface area contributed by atoms with Crippen LogP contribution in [-0.4, -0.2) is 11.8 Å². The summed E-state index contributed by atoms with van der Waals surface area (Å²) in [4.78, 5) is 22.4. The largest absolute Gasteiger partial charge is 0.294 e. The number of hydrogen-bond acceptors (Lipinski definition) is 4. The highest BCUT2D eigenvalue weighted by atomic mass is 16.2. The Bertz CT molecular complexity index is 197. The Labute approximate surface area is 76.0 Å². The van der Waals surface area contributed by atoms with Crippen molar-refractivity contribution in [2.45, 2.75) is 19.3 Å². The van der Waals surface area contributed by atoms with E-state index in [1.54, 1.807) is 0 Å². The number of nitrogens with two attached hydrogens (primary N) is 2. The van der Waals surface area contributed by atoms with E-state index >= 15 is 0 Å². The van der Waals surface area contributed by atoms with Gasteiger partial charge in [-0.1, -0.05) is 6.42 Å². The maximum Gasteiger partial charge on any atom is 0.237 e. The minimum atomic E-state index is -0.325. The van der Waals surface area contributed by atoms with Crippen molar-refractivity contribution in [3.8, 4) is 0 Å². The van der Waals surface area contributed by atoms with Gasteiger partial charge >= 0.3 is 0 Å². The van der Waals surface area contributed by atoms with Crippen molar-refractivity contribution in [2.75, 3.05) is 0 Å². The second-order valence-electron chi connectivity index (χ2n) is 3.16. The van der Waals surface area contributed by atoms with E-state index in [1.165, 1.54) is 0 Å². The molecule has 6 heteroatoms. The molecule has 1 rings (SSSR count). The van der Waals surface area contributed by atoms with Crippen molar-refractivity contribution in [1.82, 2.24) is 10.9 Å². The molecule has 74 valence electrons. The Morgan fingerprint density at radius 3 is 1.69 bits per heavy atom. The fraction of sp³-hybridized carbons (Fsp3) is 0.714. The Hall–Kier alpha value is -1.14. The molecule has 13 heavy (non-hydrogen) atoms. The molecule has 0 aromatic heterocycles. The van der Waals surface area contributed by atoms with E-state index in [0.717, 1.165) is 6.42 Å². The van der Waals surface area contributed by atoms with Gasteiger partial charge in [0.15, 0.2) is 0 Å². The summed E-state index contributed by atoms with van der Waals surface area (Å²) < 4.78 is 0. The first-order valence-electron chi connectivity index (χ1n) is 4.21. The molecule has 0 radical (unpaired) electrons. The fourth-order valence-electron chi connectivity index (χ4n) is 1.80. The molecule has 6 nitrogen and oxygen atoms in total. The van der Waals surface area contributed by atoms with Gasteiger partial charge in [0.25, 0.3) is 0 Å². The first kappa shape index (κ1) is 9.94. The molecule has 1 fully saturated rings. The lowest BCUT2D eigenvalue weighted by atomic mass is 9.95. The number of hydrogen-bond donors (Lipinski definition) is 4. The number of amides is 2. The highest BCUT2D eigenvalue weighted by molar-refractivity contribution is 5.87. The molecule has 1 saturated carbocycles. The molecular formula is C7H14N4O2. The van der Waals surface area contributed by atoms with Crippen LogP contribution in [0.2, 0.25) is 0 Å². The Balaban J connectivity index is 2.63. The summed E-state index contributed by atoms with van der Waals surface area (Å²) >= 11 is 0. The molecule has 0 saturated heterocycles. The highest BCUT2D eigenvalue weighted by Crippen LogP contribution is 2.31. The summed E-state index contributed by atoms with van der Waals surface area (Å²) in [5.41, 5.74) is 4.11. The van der Waals surface area contributed by atoms with Crippen LogP contribution in [0.4, 0.5) is 0 Å². The van der Waals surface area contributed by atoms with E-state index < -0.39 is 0 Å². The maximum absolute atomic E-state index is 11.2. The van der Waals surface area contributed by atoms with Gasteiger partial charge in [-0.2, -0.15) is 0 Å². The van der Waals surface area contributed by atoms with Crippen LogP contribution in [0.5, 0.6) is 0 Å². The van der Waals surface area contributed by atoms with Crippen LogP contribution in [0.15, 0.2) is 0 Å². The SMILES string of the molecule is NNC(=O)[C@H]1CCC[C@H]1C(=O)NN. The van der Waals surface area contributed by atoms with Crippen molar-refractivity contribution in [3.63, 3.8) is 0 Å². The predicted octanol–water partition coefficient (Wildman–Crippen LogP) is -1.62. The fourth-order valence-corrected chi connectivity index (χ4v) is 1.80. The zero-order chi connectivity index (χ0) is 9.84. The van der Waals surface area contributed by atoms with Gasteiger partial charge in [-0.05, 0) is 12.8 Å². The summed E-state index contributed by atoms with van der Waals surface area (Å²) in [6.07, 6.45) is 2.25. The van der Waals surface area contributed by atoms with Gasteiger partial charge in [0.1, 0.15) is 0 Å². The molecule has 1 aliphatic rings. The van der Waals surface area contributed by atoms with E-state index in [1.807, 2.05) is 0 Å². The van der Waals surface area contributed by atoms with Crippen molar-refractivity contribution < 1.29 is 9.59 Å². The minimum absolute atomic E-state index is 0.286. The zero-order valence-corrected chi connectivity index (χ0v) is 7.25. The Morgan fingerprint density at radius 2 is 1.38 bits per heavy atom. The standard InChI is InChI=1S/C7H14N4O2/c8-10-6(12)4-2-1-3-5(4)7(13)11-9/h4-5H,1-3,8-9H2,(H,10,12)(H,11,13)/t4-,5+. The second-order valence-corrected chi connectivity index (χ2v) is 3.16. The Kier molecular flexibility index (Phi) is 3.21. The maximum atomic E-state index is 11.2. The lowest BCUT2D eigenvalue weighted by molar-refractivity contribution is -0.133. The topological polar surface area (TPSA) is 110 Å². The van der Waals surface area contributed by atoms with Gasteiger partial charge in [0.2, 0.25) is 11.8 Å². The molecule has 0 heterocycles. The third kappa shape index (κ3) is 1.96. The number of hydrazine groups is 2. The number of carbonyl (C=O) groups excluding carboxylic acids is 2. The quantitative estimate of drug-likeness (QED) is 0.236. The number of rotatable bonds is 2. The average Bonchev–Trinajstić information content (AvgIpc) is 2.63. The molecule has 0 aromatic carbocycles. The van der Waals surface area contributed by atoms with Gasteiger partial charge in [0.05, 0.1) is 11.8 Å². The van der Waals surface area contributed by atoms with Gasteiger partial charge < -0.3 is 0 Å². The van der Waals surface area contributed by atoms with Crippen molar-refractivity contribution in [3.05, 3.63) is 0 Å². The molecule has 0 bridgehead atoms. The molecule has 0 aromatic rings. The van der Waals surface area contributed by atoms with Crippen LogP contribution in [0.1, 0.15) is 19.3 Å². The van der Waals surface area contributed by atoms with Gasteiger partial charge in [-0.15, -0.1) is 0 Å². The lowest BCUT2D eigenvalue weighted by Crippen LogP contribution is -2.43. The van der Waals surface area contributed by atoms with Crippen LogP contribution < -0.4 is 22.5 Å². The second kappa shape index (κ2) is 4.20. The average molecular weight is 186 g/mol. The van der Waals surface area contributed by atoms with E-state index in [-0.39, 0.29) is 23.7 Å². The zero-order valence-electron chi connectivity index (χ0n) is 7.25. The molecule has 0 spiro atoms. The summed E-state index contributed by atoms with van der Waals surface area (Å²) in [6.45, 7) is 0. The van der Waals surface area contributed by atoms with Crippen LogP contribution >= 0.6 is 0 Å². The van der Waals surface area contributed by atoms with Crippen molar-refractivity contribution in [2.24, 2.45) is 23.5 Å². The molecule has 0 aliphatic heterocycles. The van der Waals surface area contributed by atoms with Gasteiger partial charge in [-0.25, -0.2) is 11.7 Å². The summed E-state index contributed by atoms with van der Waals surface area (Å²) in [5.74, 6) is 8.76. The summed E-state index contributed by atoms with van der Waals surface area (Å²) in [7, 11) is 0. The molecule has 0 unspecified atom stereocenters. The molecule has 6 N–H and O–H groups in total. The first-order valence-corrected chi connectivity index (χ1v) is 4.21. The first-order chi connectivity index (χ1) is 6.20. The number of nitrogens with one attached hydrogen (secondary N) is 2. The van der Waals surface area contributed by atoms with Crippen LogP contribution in [-0.2, 0) is 9.59 Å². The summed E-state index contributed by atoms with van der Waals surface area (Å²) in [5, 5.41) is 0. The third-order valence-electron chi connectivity index (χ3n) is 2.47. The minimum Gasteiger partial charge on any atom is -0.294 e. The third-order valence-corrected chi connectivity index (χ3v) is 2.47. The van der Waals surface area contributed by atoms with Crippen LogP contribution in [0.25, 0.3) is 0 Å². The predicted molar refractivity (Wildman–Crippen MR) is 45.5 cm³/mol. The van der Waals surface area contributed by atoms with E-state index in [0.29, 0.717) is 12.8 Å². The number of carbonyl (C=O) groups is 2. The van der Waals surface area contributed by atoms with Gasteiger partial charge in [-0.3, -0.25) is 20.4 Å². The highest BCUT2D eigenvalue weighted by Gasteiger charge is 2.36. The molecular weight excluding hydrogens is 172 g/mol.